The lowest BCUT2D eigenvalue weighted by molar-refractivity contribution is 0.338. The standard InChI is InChI=1S/C18H13ClN2O6S2/c19-14-6-12-18(13-7-14)29(24,25)27-21-16-10-8-15(9-11-16)20-26-28(22,23)17-4-2-1-3-5-17/h1-13H. The van der Waals surface area contributed by atoms with Crippen LogP contribution >= 0.6 is 11.6 Å². The van der Waals surface area contributed by atoms with E-state index in [1.54, 1.807) is 18.2 Å². The average Bonchev–Trinajstić information content (AvgIpc) is 2.73. The van der Waals surface area contributed by atoms with Crippen molar-refractivity contribution in [2.75, 3.05) is 0 Å². The van der Waals surface area contributed by atoms with Gasteiger partial charge in [0.1, 0.15) is 21.2 Å². The molecule has 0 aromatic heterocycles. The van der Waals surface area contributed by atoms with Crippen LogP contribution in [0.2, 0.25) is 5.02 Å². The van der Waals surface area contributed by atoms with Gasteiger partial charge in [-0.1, -0.05) is 40.1 Å². The molecule has 0 fully saturated rings. The summed E-state index contributed by atoms with van der Waals surface area (Å²) in [5.41, 5.74) is 0.358. The zero-order chi connectivity index (χ0) is 20.9. The van der Waals surface area contributed by atoms with Gasteiger partial charge in [0.05, 0.1) is 0 Å². The predicted octanol–water partition coefficient (Wildman–Crippen LogP) is 3.29. The average molecular weight is 453 g/mol. The van der Waals surface area contributed by atoms with Gasteiger partial charge in [-0.15, -0.1) is 0 Å². The lowest BCUT2D eigenvalue weighted by atomic mass is 10.1. The van der Waals surface area contributed by atoms with Crippen molar-refractivity contribution in [1.29, 1.82) is 0 Å². The molecule has 3 rings (SSSR count). The van der Waals surface area contributed by atoms with Gasteiger partial charge in [0, 0.05) is 5.02 Å². The van der Waals surface area contributed by atoms with Crippen molar-refractivity contribution < 1.29 is 25.4 Å². The second kappa shape index (κ2) is 8.60. The molecule has 0 radical (unpaired) electrons. The third-order valence-electron chi connectivity index (χ3n) is 3.47. The van der Waals surface area contributed by atoms with Gasteiger partial charge in [-0.2, -0.15) is 16.8 Å². The number of nitrogens with zero attached hydrogens (tertiary/aromatic N) is 2. The zero-order valence-corrected chi connectivity index (χ0v) is 16.9. The van der Waals surface area contributed by atoms with E-state index in [0.717, 1.165) is 0 Å². The fourth-order valence-electron chi connectivity index (χ4n) is 2.03. The molecule has 1 aliphatic rings. The first-order chi connectivity index (χ1) is 13.8. The van der Waals surface area contributed by atoms with Crippen molar-refractivity contribution in [3.8, 4) is 0 Å². The first-order valence-corrected chi connectivity index (χ1v) is 11.2. The van der Waals surface area contributed by atoms with Crippen LogP contribution in [0, 0.1) is 0 Å². The van der Waals surface area contributed by atoms with Crippen molar-refractivity contribution in [2.45, 2.75) is 9.79 Å². The lowest BCUT2D eigenvalue weighted by Crippen LogP contribution is -2.07. The Bertz CT molecular complexity index is 1200. The van der Waals surface area contributed by atoms with E-state index in [1.807, 2.05) is 0 Å². The molecule has 0 saturated carbocycles. The molecule has 150 valence electrons. The highest BCUT2D eigenvalue weighted by atomic mass is 35.5. The van der Waals surface area contributed by atoms with Crippen molar-refractivity contribution >= 4 is 43.3 Å². The highest BCUT2D eigenvalue weighted by Crippen LogP contribution is 2.17. The van der Waals surface area contributed by atoms with Crippen LogP contribution in [0.3, 0.4) is 0 Å². The fourth-order valence-corrected chi connectivity index (χ4v) is 3.66. The quantitative estimate of drug-likeness (QED) is 0.491. The lowest BCUT2D eigenvalue weighted by Gasteiger charge is -2.05. The highest BCUT2D eigenvalue weighted by Gasteiger charge is 2.17. The summed E-state index contributed by atoms with van der Waals surface area (Å²) in [6.07, 6.45) is 5.54. The van der Waals surface area contributed by atoms with Crippen LogP contribution in [0.5, 0.6) is 0 Å². The molecule has 0 bridgehead atoms. The van der Waals surface area contributed by atoms with Crippen LogP contribution in [-0.4, -0.2) is 28.3 Å². The first-order valence-electron chi connectivity index (χ1n) is 7.96. The Balaban J connectivity index is 1.65. The minimum Gasteiger partial charge on any atom is -0.264 e. The van der Waals surface area contributed by atoms with E-state index in [0.29, 0.717) is 5.02 Å². The number of rotatable bonds is 6. The molecule has 0 atom stereocenters. The Kier molecular flexibility index (Phi) is 6.16. The van der Waals surface area contributed by atoms with E-state index < -0.39 is 20.2 Å². The van der Waals surface area contributed by atoms with E-state index in [1.165, 1.54) is 60.7 Å². The summed E-state index contributed by atoms with van der Waals surface area (Å²) in [6, 6.07) is 13.0. The highest BCUT2D eigenvalue weighted by molar-refractivity contribution is 7.87. The number of hydrogen-bond donors (Lipinski definition) is 0. The van der Waals surface area contributed by atoms with Gasteiger partial charge in [-0.3, -0.25) is 8.57 Å². The Morgan fingerprint density at radius 3 is 1.48 bits per heavy atom. The molecular formula is C18H13ClN2O6S2. The van der Waals surface area contributed by atoms with Crippen LogP contribution in [0.25, 0.3) is 0 Å². The molecule has 29 heavy (non-hydrogen) atoms. The second-order valence-corrected chi connectivity index (χ2v) is 9.02. The van der Waals surface area contributed by atoms with E-state index in [4.69, 9.17) is 11.6 Å². The summed E-state index contributed by atoms with van der Waals surface area (Å²) in [4.78, 5) is -0.132. The molecule has 0 spiro atoms. The number of allylic oxidation sites excluding steroid dienone is 4. The second-order valence-electron chi connectivity index (χ2n) is 5.52. The number of benzene rings is 2. The van der Waals surface area contributed by atoms with Gasteiger partial charge < -0.3 is 0 Å². The summed E-state index contributed by atoms with van der Waals surface area (Å²) < 4.78 is 57.5. The number of halogens is 1. The number of hydrogen-bond acceptors (Lipinski definition) is 8. The van der Waals surface area contributed by atoms with Crippen LogP contribution in [0.1, 0.15) is 0 Å². The van der Waals surface area contributed by atoms with Crippen LogP contribution in [0.15, 0.2) is 99.0 Å². The molecule has 0 aliphatic heterocycles. The summed E-state index contributed by atoms with van der Waals surface area (Å²) in [5, 5.41) is 7.50. The summed E-state index contributed by atoms with van der Waals surface area (Å²) in [6.45, 7) is 0. The summed E-state index contributed by atoms with van der Waals surface area (Å²) >= 11 is 5.72. The van der Waals surface area contributed by atoms with E-state index in [2.05, 4.69) is 18.9 Å². The third-order valence-corrected chi connectivity index (χ3v) is 5.96. The van der Waals surface area contributed by atoms with Gasteiger partial charge in [0.15, 0.2) is 0 Å². The molecule has 0 saturated heterocycles. The number of oxime groups is 2. The molecule has 2 aromatic carbocycles. The van der Waals surface area contributed by atoms with Crippen molar-refractivity contribution in [3.63, 3.8) is 0 Å². The normalized spacial score (nSPS) is 13.8. The van der Waals surface area contributed by atoms with Gasteiger partial charge in [0.2, 0.25) is 0 Å². The molecule has 8 nitrogen and oxygen atoms in total. The molecule has 0 heterocycles. The largest absolute Gasteiger partial charge is 0.358 e. The third kappa shape index (κ3) is 5.53. The first kappa shape index (κ1) is 20.8. The Morgan fingerprint density at radius 1 is 0.621 bits per heavy atom. The van der Waals surface area contributed by atoms with Crippen LogP contribution in [0.4, 0.5) is 0 Å². The molecule has 0 unspecified atom stereocenters. The van der Waals surface area contributed by atoms with Crippen molar-refractivity contribution in [3.05, 3.63) is 83.9 Å². The molecule has 2 aromatic rings. The Labute approximate surface area is 172 Å². The summed E-state index contributed by atoms with van der Waals surface area (Å²) in [5.74, 6) is 0. The molecule has 0 amide bonds. The Morgan fingerprint density at radius 2 is 1.03 bits per heavy atom. The predicted molar refractivity (Wildman–Crippen MR) is 108 cm³/mol. The minimum absolute atomic E-state index is 0.0313. The SMILES string of the molecule is O=S(=O)(ON=C1C=CC(=NOS(=O)(=O)c2ccc(Cl)cc2)C=C1)c1ccccc1. The summed E-state index contributed by atoms with van der Waals surface area (Å²) in [7, 11) is -8.13. The maximum Gasteiger partial charge on any atom is 0.358 e. The van der Waals surface area contributed by atoms with Gasteiger partial charge in [-0.25, -0.2) is 0 Å². The smallest absolute Gasteiger partial charge is 0.264 e. The van der Waals surface area contributed by atoms with Crippen LogP contribution in [-0.2, 0) is 28.8 Å². The van der Waals surface area contributed by atoms with Gasteiger partial charge >= 0.3 is 20.2 Å². The van der Waals surface area contributed by atoms with Gasteiger partial charge in [-0.05, 0) is 60.7 Å². The zero-order valence-electron chi connectivity index (χ0n) is 14.5. The molecule has 0 N–H and O–H groups in total. The van der Waals surface area contributed by atoms with Gasteiger partial charge in [0.25, 0.3) is 0 Å². The van der Waals surface area contributed by atoms with E-state index in [9.17, 15) is 16.8 Å². The topological polar surface area (TPSA) is 111 Å². The van der Waals surface area contributed by atoms with Crippen LogP contribution < -0.4 is 0 Å². The minimum atomic E-state index is -4.10. The van der Waals surface area contributed by atoms with Crippen molar-refractivity contribution in [1.82, 2.24) is 0 Å². The van der Waals surface area contributed by atoms with Crippen molar-refractivity contribution in [2.24, 2.45) is 10.3 Å². The molecule has 1 aliphatic carbocycles. The fraction of sp³-hybridized carbons (Fsp3) is 0. The van der Waals surface area contributed by atoms with E-state index >= 15 is 0 Å². The molecular weight excluding hydrogens is 440 g/mol. The monoisotopic (exact) mass is 452 g/mol. The maximum atomic E-state index is 12.1. The maximum absolute atomic E-state index is 12.1. The van der Waals surface area contributed by atoms with E-state index in [-0.39, 0.29) is 21.2 Å². The molecule has 11 heteroatoms. The Hall–Kier alpha value is -2.95.